The quantitative estimate of drug-likeness (QED) is 0.847. The molecule has 1 aliphatic rings. The highest BCUT2D eigenvalue weighted by atomic mass is 16.5. The van der Waals surface area contributed by atoms with Crippen LogP contribution in [0.25, 0.3) is 0 Å². The van der Waals surface area contributed by atoms with Crippen molar-refractivity contribution in [1.29, 1.82) is 0 Å². The zero-order chi connectivity index (χ0) is 11.6. The SMILES string of the molecule is CNC(C)(C)c1cncn1C1CCOCC1. The molecule has 0 radical (unpaired) electrons. The smallest absolute Gasteiger partial charge is 0.0951 e. The molecule has 90 valence electrons. The molecular formula is C12H21N3O. The Bertz CT molecular complexity index is 340. The predicted molar refractivity (Wildman–Crippen MR) is 63.4 cm³/mol. The van der Waals surface area contributed by atoms with E-state index in [0.717, 1.165) is 26.1 Å². The van der Waals surface area contributed by atoms with E-state index in [-0.39, 0.29) is 5.54 Å². The first-order chi connectivity index (χ1) is 7.65. The van der Waals surface area contributed by atoms with Crippen molar-refractivity contribution < 1.29 is 4.74 Å². The lowest BCUT2D eigenvalue weighted by Crippen LogP contribution is -2.36. The van der Waals surface area contributed by atoms with Gasteiger partial charge in [0.05, 0.1) is 23.8 Å². The van der Waals surface area contributed by atoms with E-state index in [1.165, 1.54) is 5.69 Å². The van der Waals surface area contributed by atoms with Crippen LogP contribution in [0, 0.1) is 0 Å². The minimum Gasteiger partial charge on any atom is -0.381 e. The van der Waals surface area contributed by atoms with Crippen LogP contribution in [0.5, 0.6) is 0 Å². The Labute approximate surface area is 97.0 Å². The average Bonchev–Trinajstić information content (AvgIpc) is 2.80. The molecule has 2 rings (SSSR count). The second kappa shape index (κ2) is 4.55. The average molecular weight is 223 g/mol. The molecule has 1 aromatic heterocycles. The minimum absolute atomic E-state index is 0.0329. The summed E-state index contributed by atoms with van der Waals surface area (Å²) in [5, 5.41) is 3.33. The van der Waals surface area contributed by atoms with Crippen molar-refractivity contribution in [2.45, 2.75) is 38.3 Å². The van der Waals surface area contributed by atoms with Gasteiger partial charge < -0.3 is 14.6 Å². The van der Waals surface area contributed by atoms with Crippen molar-refractivity contribution in [3.63, 3.8) is 0 Å². The third kappa shape index (κ3) is 2.13. The molecule has 0 saturated carbocycles. The lowest BCUT2D eigenvalue weighted by molar-refractivity contribution is 0.0678. The van der Waals surface area contributed by atoms with Crippen LogP contribution in [0.3, 0.4) is 0 Å². The van der Waals surface area contributed by atoms with Gasteiger partial charge in [-0.15, -0.1) is 0 Å². The molecule has 1 aromatic rings. The second-order valence-electron chi connectivity index (χ2n) is 4.90. The van der Waals surface area contributed by atoms with Gasteiger partial charge in [-0.25, -0.2) is 4.98 Å². The molecule has 1 aliphatic heterocycles. The summed E-state index contributed by atoms with van der Waals surface area (Å²) >= 11 is 0. The number of hydrogen-bond donors (Lipinski definition) is 1. The number of rotatable bonds is 3. The topological polar surface area (TPSA) is 39.1 Å². The Balaban J connectivity index is 2.24. The van der Waals surface area contributed by atoms with E-state index in [4.69, 9.17) is 4.74 Å². The molecule has 1 saturated heterocycles. The molecule has 0 bridgehead atoms. The van der Waals surface area contributed by atoms with Crippen LogP contribution >= 0.6 is 0 Å². The summed E-state index contributed by atoms with van der Waals surface area (Å²) in [6, 6.07) is 0.541. The summed E-state index contributed by atoms with van der Waals surface area (Å²) < 4.78 is 7.70. The van der Waals surface area contributed by atoms with Crippen molar-refractivity contribution in [3.8, 4) is 0 Å². The maximum absolute atomic E-state index is 5.40. The first-order valence-corrected chi connectivity index (χ1v) is 5.94. The van der Waals surface area contributed by atoms with E-state index in [9.17, 15) is 0 Å². The molecule has 0 aromatic carbocycles. The van der Waals surface area contributed by atoms with Crippen molar-refractivity contribution in [1.82, 2.24) is 14.9 Å². The molecule has 16 heavy (non-hydrogen) atoms. The number of imidazole rings is 1. The standard InChI is InChI=1S/C12H21N3O/c1-12(2,13-3)11-8-14-9-15(11)10-4-6-16-7-5-10/h8-10,13H,4-7H2,1-3H3. The van der Waals surface area contributed by atoms with Crippen LogP contribution in [0.2, 0.25) is 0 Å². The monoisotopic (exact) mass is 223 g/mol. The summed E-state index contributed by atoms with van der Waals surface area (Å²) in [6.45, 7) is 6.09. The number of nitrogens with zero attached hydrogens (tertiary/aromatic N) is 2. The lowest BCUT2D eigenvalue weighted by Gasteiger charge is -2.31. The molecule has 0 unspecified atom stereocenters. The van der Waals surface area contributed by atoms with E-state index in [2.05, 4.69) is 28.7 Å². The van der Waals surface area contributed by atoms with Crippen molar-refractivity contribution in [2.24, 2.45) is 0 Å². The number of aromatic nitrogens is 2. The molecule has 4 nitrogen and oxygen atoms in total. The third-order valence-corrected chi connectivity index (χ3v) is 3.52. The molecular weight excluding hydrogens is 202 g/mol. The van der Waals surface area contributed by atoms with E-state index >= 15 is 0 Å². The molecule has 0 aliphatic carbocycles. The molecule has 0 amide bonds. The fraction of sp³-hybridized carbons (Fsp3) is 0.750. The largest absolute Gasteiger partial charge is 0.381 e. The Hall–Kier alpha value is -0.870. The van der Waals surface area contributed by atoms with E-state index in [1.54, 1.807) is 0 Å². The first-order valence-electron chi connectivity index (χ1n) is 5.94. The van der Waals surface area contributed by atoms with E-state index in [0.29, 0.717) is 6.04 Å². The van der Waals surface area contributed by atoms with E-state index in [1.807, 2.05) is 19.6 Å². The van der Waals surface area contributed by atoms with Crippen molar-refractivity contribution in [2.75, 3.05) is 20.3 Å². The molecule has 0 atom stereocenters. The van der Waals surface area contributed by atoms with Gasteiger partial charge in [-0.3, -0.25) is 0 Å². The second-order valence-corrected chi connectivity index (χ2v) is 4.90. The van der Waals surface area contributed by atoms with Gasteiger partial charge in [0.1, 0.15) is 0 Å². The van der Waals surface area contributed by atoms with Gasteiger partial charge in [0, 0.05) is 19.3 Å². The van der Waals surface area contributed by atoms with Gasteiger partial charge in [-0.05, 0) is 33.7 Å². The summed E-state index contributed by atoms with van der Waals surface area (Å²) in [6.07, 6.45) is 6.09. The highest BCUT2D eigenvalue weighted by molar-refractivity contribution is 5.12. The molecule has 4 heteroatoms. The zero-order valence-corrected chi connectivity index (χ0v) is 10.4. The van der Waals surface area contributed by atoms with Gasteiger partial charge >= 0.3 is 0 Å². The summed E-state index contributed by atoms with van der Waals surface area (Å²) in [5.41, 5.74) is 1.22. The van der Waals surface area contributed by atoms with Crippen LogP contribution in [0.1, 0.15) is 38.4 Å². The maximum Gasteiger partial charge on any atom is 0.0951 e. The van der Waals surface area contributed by atoms with Crippen LogP contribution in [-0.2, 0) is 10.3 Å². The van der Waals surface area contributed by atoms with Crippen molar-refractivity contribution >= 4 is 0 Å². The number of hydrogen-bond acceptors (Lipinski definition) is 3. The highest BCUT2D eigenvalue weighted by Crippen LogP contribution is 2.27. The predicted octanol–water partition coefficient (Wildman–Crippen LogP) is 1.69. The lowest BCUT2D eigenvalue weighted by atomic mass is 10.00. The Kier molecular flexibility index (Phi) is 3.30. The van der Waals surface area contributed by atoms with Crippen LogP contribution < -0.4 is 5.32 Å². The summed E-state index contributed by atoms with van der Waals surface area (Å²) in [4.78, 5) is 4.29. The number of nitrogens with one attached hydrogen (secondary N) is 1. The van der Waals surface area contributed by atoms with Gasteiger partial charge in [0.2, 0.25) is 0 Å². The van der Waals surface area contributed by atoms with Gasteiger partial charge in [0.25, 0.3) is 0 Å². The maximum atomic E-state index is 5.40. The van der Waals surface area contributed by atoms with Crippen LogP contribution in [-0.4, -0.2) is 29.8 Å². The molecule has 0 spiro atoms. The molecule has 2 heterocycles. The number of ether oxygens (including phenoxy) is 1. The van der Waals surface area contributed by atoms with E-state index < -0.39 is 0 Å². The Morgan fingerprint density at radius 2 is 2.12 bits per heavy atom. The molecule has 1 N–H and O–H groups in total. The van der Waals surface area contributed by atoms with Crippen molar-refractivity contribution in [3.05, 3.63) is 18.2 Å². The third-order valence-electron chi connectivity index (χ3n) is 3.52. The van der Waals surface area contributed by atoms with Gasteiger partial charge in [-0.1, -0.05) is 0 Å². The molecule has 1 fully saturated rings. The summed E-state index contributed by atoms with van der Waals surface area (Å²) in [7, 11) is 1.99. The zero-order valence-electron chi connectivity index (χ0n) is 10.4. The highest BCUT2D eigenvalue weighted by Gasteiger charge is 2.26. The van der Waals surface area contributed by atoms with Gasteiger partial charge in [0.15, 0.2) is 0 Å². The Morgan fingerprint density at radius 1 is 1.44 bits per heavy atom. The normalized spacial score (nSPS) is 18.9. The fourth-order valence-corrected chi connectivity index (χ4v) is 2.17. The van der Waals surface area contributed by atoms with Gasteiger partial charge in [-0.2, -0.15) is 0 Å². The fourth-order valence-electron chi connectivity index (χ4n) is 2.17. The minimum atomic E-state index is -0.0329. The van der Waals surface area contributed by atoms with Crippen LogP contribution in [0.15, 0.2) is 12.5 Å². The summed E-state index contributed by atoms with van der Waals surface area (Å²) in [5.74, 6) is 0. The Morgan fingerprint density at radius 3 is 2.75 bits per heavy atom. The van der Waals surface area contributed by atoms with Crippen LogP contribution in [0.4, 0.5) is 0 Å². The first kappa shape index (κ1) is 11.6.